The van der Waals surface area contributed by atoms with Gasteiger partial charge in [0.25, 0.3) is 0 Å². The minimum Gasteiger partial charge on any atom is -0.292 e. The monoisotopic (exact) mass is 240 g/mol. The number of hydrogen-bond acceptors (Lipinski definition) is 1. The van der Waals surface area contributed by atoms with Gasteiger partial charge in [0.1, 0.15) is 0 Å². The molecular formula is C11H16F4O. The van der Waals surface area contributed by atoms with Gasteiger partial charge in [-0.05, 0) is 31.1 Å². The SMILES string of the molecule is CC1CCC(C(=O)C(F)(F)C(F)F)CC1C. The Balaban J connectivity index is 2.69. The summed E-state index contributed by atoms with van der Waals surface area (Å²) in [6.45, 7) is 3.85. The maximum atomic E-state index is 12.8. The van der Waals surface area contributed by atoms with Crippen molar-refractivity contribution in [1.82, 2.24) is 0 Å². The average molecular weight is 240 g/mol. The lowest BCUT2D eigenvalue weighted by atomic mass is 9.73. The van der Waals surface area contributed by atoms with Crippen molar-refractivity contribution in [3.63, 3.8) is 0 Å². The summed E-state index contributed by atoms with van der Waals surface area (Å²) in [6.07, 6.45) is -2.65. The van der Waals surface area contributed by atoms with Crippen LogP contribution in [0.15, 0.2) is 0 Å². The second-order valence-electron chi connectivity index (χ2n) is 4.75. The van der Waals surface area contributed by atoms with Crippen LogP contribution in [0.2, 0.25) is 0 Å². The van der Waals surface area contributed by atoms with E-state index in [1.807, 2.05) is 13.8 Å². The van der Waals surface area contributed by atoms with Crippen molar-refractivity contribution in [2.75, 3.05) is 0 Å². The number of carbonyl (C=O) groups excluding carboxylic acids is 1. The van der Waals surface area contributed by atoms with Crippen LogP contribution in [-0.2, 0) is 4.79 Å². The van der Waals surface area contributed by atoms with E-state index < -0.39 is 24.0 Å². The number of rotatable bonds is 3. The van der Waals surface area contributed by atoms with E-state index in [4.69, 9.17) is 0 Å². The second kappa shape index (κ2) is 4.72. The zero-order valence-corrected chi connectivity index (χ0v) is 9.35. The Morgan fingerprint density at radius 1 is 1.19 bits per heavy atom. The lowest BCUT2D eigenvalue weighted by Gasteiger charge is -2.32. The smallest absolute Gasteiger partial charge is 0.292 e. The van der Waals surface area contributed by atoms with Gasteiger partial charge in [-0.2, -0.15) is 8.78 Å². The quantitative estimate of drug-likeness (QED) is 0.690. The number of ketones is 1. The van der Waals surface area contributed by atoms with E-state index in [2.05, 4.69) is 0 Å². The van der Waals surface area contributed by atoms with E-state index in [0.29, 0.717) is 25.2 Å². The molecule has 3 atom stereocenters. The summed E-state index contributed by atoms with van der Waals surface area (Å²) < 4.78 is 49.7. The van der Waals surface area contributed by atoms with Crippen molar-refractivity contribution in [3.05, 3.63) is 0 Å². The highest BCUT2D eigenvalue weighted by Gasteiger charge is 2.51. The zero-order chi connectivity index (χ0) is 12.5. The summed E-state index contributed by atoms with van der Waals surface area (Å²) in [5, 5.41) is 0. The summed E-state index contributed by atoms with van der Waals surface area (Å²) >= 11 is 0. The largest absolute Gasteiger partial charge is 0.364 e. The molecule has 1 fully saturated rings. The lowest BCUT2D eigenvalue weighted by Crippen LogP contribution is -2.42. The summed E-state index contributed by atoms with van der Waals surface area (Å²) in [4.78, 5) is 11.3. The first-order chi connectivity index (χ1) is 7.26. The van der Waals surface area contributed by atoms with E-state index in [9.17, 15) is 22.4 Å². The third-order valence-corrected chi connectivity index (χ3v) is 3.57. The molecule has 0 amide bonds. The van der Waals surface area contributed by atoms with Crippen LogP contribution >= 0.6 is 0 Å². The fourth-order valence-corrected chi connectivity index (χ4v) is 2.17. The molecule has 1 aliphatic rings. The van der Waals surface area contributed by atoms with Crippen molar-refractivity contribution in [2.45, 2.75) is 45.5 Å². The maximum Gasteiger partial charge on any atom is 0.364 e. The Morgan fingerprint density at radius 3 is 2.19 bits per heavy atom. The molecule has 0 heterocycles. The molecule has 0 aromatic rings. The normalized spacial score (nSPS) is 31.8. The molecule has 0 saturated heterocycles. The van der Waals surface area contributed by atoms with E-state index >= 15 is 0 Å². The third-order valence-electron chi connectivity index (χ3n) is 3.57. The van der Waals surface area contributed by atoms with Gasteiger partial charge in [0.2, 0.25) is 5.78 Å². The lowest BCUT2D eigenvalue weighted by molar-refractivity contribution is -0.173. The summed E-state index contributed by atoms with van der Waals surface area (Å²) in [6, 6.07) is 0. The summed E-state index contributed by atoms with van der Waals surface area (Å²) in [5.74, 6) is -6.47. The van der Waals surface area contributed by atoms with Gasteiger partial charge in [0, 0.05) is 5.92 Å². The Bertz CT molecular complexity index is 265. The molecule has 5 heteroatoms. The van der Waals surface area contributed by atoms with E-state index in [0.717, 1.165) is 0 Å². The standard InChI is InChI=1S/C11H16F4O/c1-6-3-4-8(5-7(6)2)9(16)11(14,15)10(12)13/h6-8,10H,3-5H2,1-2H3. The van der Waals surface area contributed by atoms with Crippen LogP contribution in [-0.4, -0.2) is 18.1 Å². The van der Waals surface area contributed by atoms with Crippen LogP contribution in [0.3, 0.4) is 0 Å². The molecule has 1 saturated carbocycles. The van der Waals surface area contributed by atoms with Crippen molar-refractivity contribution in [3.8, 4) is 0 Å². The average Bonchev–Trinajstić information content (AvgIpc) is 2.20. The van der Waals surface area contributed by atoms with Crippen LogP contribution in [0.4, 0.5) is 17.6 Å². The van der Waals surface area contributed by atoms with Crippen molar-refractivity contribution in [1.29, 1.82) is 0 Å². The first-order valence-electron chi connectivity index (χ1n) is 5.47. The van der Waals surface area contributed by atoms with Gasteiger partial charge >= 0.3 is 12.3 Å². The predicted octanol–water partition coefficient (Wildman–Crippen LogP) is 3.53. The molecule has 0 aromatic carbocycles. The number of alkyl halides is 4. The van der Waals surface area contributed by atoms with Gasteiger partial charge in [-0.15, -0.1) is 0 Å². The first-order valence-corrected chi connectivity index (χ1v) is 5.47. The molecular weight excluding hydrogens is 224 g/mol. The molecule has 16 heavy (non-hydrogen) atoms. The molecule has 1 aliphatic carbocycles. The molecule has 0 aliphatic heterocycles. The molecule has 94 valence electrons. The third kappa shape index (κ3) is 2.55. The molecule has 0 bridgehead atoms. The summed E-state index contributed by atoms with van der Waals surface area (Å²) in [7, 11) is 0. The van der Waals surface area contributed by atoms with Crippen LogP contribution in [0.5, 0.6) is 0 Å². The molecule has 1 rings (SSSR count). The number of hydrogen-bond donors (Lipinski definition) is 0. The molecule has 1 nitrogen and oxygen atoms in total. The minimum atomic E-state index is -4.48. The Labute approximate surface area is 92.2 Å². The number of Topliss-reactive ketones (excluding diaryl/α,β-unsaturated/α-hetero) is 1. The van der Waals surface area contributed by atoms with E-state index in [1.54, 1.807) is 0 Å². The molecule has 0 N–H and O–H groups in total. The van der Waals surface area contributed by atoms with Gasteiger partial charge in [-0.1, -0.05) is 13.8 Å². The van der Waals surface area contributed by atoms with Crippen molar-refractivity contribution in [2.24, 2.45) is 17.8 Å². The number of halogens is 4. The summed E-state index contributed by atoms with van der Waals surface area (Å²) in [5.41, 5.74) is 0. The van der Waals surface area contributed by atoms with E-state index in [-0.39, 0.29) is 5.92 Å². The highest BCUT2D eigenvalue weighted by molar-refractivity contribution is 5.88. The van der Waals surface area contributed by atoms with Crippen LogP contribution in [0.25, 0.3) is 0 Å². The highest BCUT2D eigenvalue weighted by Crippen LogP contribution is 2.38. The number of carbonyl (C=O) groups is 1. The molecule has 3 unspecified atom stereocenters. The van der Waals surface area contributed by atoms with Crippen molar-refractivity contribution < 1.29 is 22.4 Å². The Hall–Kier alpha value is -0.610. The fraction of sp³-hybridized carbons (Fsp3) is 0.909. The minimum absolute atomic E-state index is 0.135. The fourth-order valence-electron chi connectivity index (χ4n) is 2.17. The first kappa shape index (κ1) is 13.5. The van der Waals surface area contributed by atoms with Gasteiger partial charge in [0.05, 0.1) is 0 Å². The van der Waals surface area contributed by atoms with Crippen molar-refractivity contribution >= 4 is 5.78 Å². The van der Waals surface area contributed by atoms with E-state index in [1.165, 1.54) is 0 Å². The predicted molar refractivity (Wildman–Crippen MR) is 51.6 cm³/mol. The topological polar surface area (TPSA) is 17.1 Å². The van der Waals surface area contributed by atoms with Crippen LogP contribution in [0, 0.1) is 17.8 Å². The zero-order valence-electron chi connectivity index (χ0n) is 9.35. The second-order valence-corrected chi connectivity index (χ2v) is 4.75. The molecule has 0 radical (unpaired) electrons. The van der Waals surface area contributed by atoms with Gasteiger partial charge in [-0.3, -0.25) is 4.79 Å². The maximum absolute atomic E-state index is 12.8. The molecule has 0 aromatic heterocycles. The van der Waals surface area contributed by atoms with Gasteiger partial charge in [0.15, 0.2) is 0 Å². The highest BCUT2D eigenvalue weighted by atomic mass is 19.3. The van der Waals surface area contributed by atoms with Crippen LogP contribution < -0.4 is 0 Å². The Morgan fingerprint density at radius 2 is 1.75 bits per heavy atom. The van der Waals surface area contributed by atoms with Crippen LogP contribution in [0.1, 0.15) is 33.1 Å². The van der Waals surface area contributed by atoms with Gasteiger partial charge < -0.3 is 0 Å². The molecule has 0 spiro atoms. The Kier molecular flexibility index (Phi) is 3.97. The van der Waals surface area contributed by atoms with Gasteiger partial charge in [-0.25, -0.2) is 8.78 Å².